The molecule has 0 radical (unpaired) electrons. The van der Waals surface area contributed by atoms with Crippen molar-refractivity contribution in [3.05, 3.63) is 77.4 Å². The second-order valence-electron chi connectivity index (χ2n) is 6.03. The lowest BCUT2D eigenvalue weighted by molar-refractivity contribution is -0.126. The molecule has 0 spiro atoms. The van der Waals surface area contributed by atoms with E-state index in [9.17, 15) is 14.4 Å². The van der Waals surface area contributed by atoms with E-state index in [1.807, 2.05) is 67.6 Å². The summed E-state index contributed by atoms with van der Waals surface area (Å²) < 4.78 is 1.05. The van der Waals surface area contributed by atoms with Gasteiger partial charge in [-0.25, -0.2) is 4.79 Å². The molecule has 1 aliphatic rings. The lowest BCUT2D eigenvalue weighted by atomic mass is 9.91. The van der Waals surface area contributed by atoms with Gasteiger partial charge in [0.25, 0.3) is 11.8 Å². The van der Waals surface area contributed by atoms with Gasteiger partial charge in [-0.3, -0.25) is 14.9 Å². The Morgan fingerprint density at radius 1 is 0.926 bits per heavy atom. The summed E-state index contributed by atoms with van der Waals surface area (Å²) >= 11 is 1.14. The van der Waals surface area contributed by atoms with Gasteiger partial charge in [0.2, 0.25) is 0 Å². The molecule has 2 aromatic carbocycles. The van der Waals surface area contributed by atoms with E-state index in [1.54, 1.807) is 0 Å². The van der Waals surface area contributed by atoms with Crippen LogP contribution in [0.5, 0.6) is 0 Å². The molecule has 2 aromatic rings. The van der Waals surface area contributed by atoms with Crippen LogP contribution in [-0.4, -0.2) is 27.9 Å². The summed E-state index contributed by atoms with van der Waals surface area (Å²) in [5.41, 5.74) is 1.99. The minimum absolute atomic E-state index is 0.0176. The molecule has 6 heteroatoms. The van der Waals surface area contributed by atoms with E-state index in [-0.39, 0.29) is 5.57 Å². The van der Waals surface area contributed by atoms with Crippen molar-refractivity contribution in [3.8, 4) is 0 Å². The first-order chi connectivity index (χ1) is 13.1. The van der Waals surface area contributed by atoms with Gasteiger partial charge in [0, 0.05) is 11.3 Å². The molecule has 138 valence electrons. The van der Waals surface area contributed by atoms with Crippen LogP contribution in [0, 0.1) is 0 Å². The molecule has 0 aromatic heterocycles. The highest BCUT2D eigenvalue weighted by Gasteiger charge is 2.38. The van der Waals surface area contributed by atoms with Crippen LogP contribution in [0.1, 0.15) is 30.9 Å². The van der Waals surface area contributed by atoms with Gasteiger partial charge < -0.3 is 0 Å². The fourth-order valence-electron chi connectivity index (χ4n) is 2.80. The molecular weight excluding hydrogens is 360 g/mol. The summed E-state index contributed by atoms with van der Waals surface area (Å²) in [6, 6.07) is 17.9. The average Bonchev–Trinajstić information content (AvgIpc) is 2.69. The number of amides is 4. The summed E-state index contributed by atoms with van der Waals surface area (Å²) in [4.78, 5) is 37.9. The number of urea groups is 1. The Kier molecular flexibility index (Phi) is 6.08. The third-order valence-corrected chi connectivity index (χ3v) is 5.18. The number of carbonyl (C=O) groups excluding carboxylic acids is 3. The number of imide groups is 2. The second-order valence-corrected chi connectivity index (χ2v) is 7.06. The van der Waals surface area contributed by atoms with Gasteiger partial charge in [0.15, 0.2) is 0 Å². The zero-order valence-electron chi connectivity index (χ0n) is 15.0. The van der Waals surface area contributed by atoms with E-state index in [0.717, 1.165) is 40.2 Å². The molecule has 0 unspecified atom stereocenters. The van der Waals surface area contributed by atoms with Crippen molar-refractivity contribution in [3.63, 3.8) is 0 Å². The number of nitrogens with zero attached hydrogens (tertiary/aromatic N) is 1. The van der Waals surface area contributed by atoms with E-state index in [0.29, 0.717) is 11.3 Å². The van der Waals surface area contributed by atoms with E-state index in [2.05, 4.69) is 5.32 Å². The first kappa shape index (κ1) is 18.9. The molecule has 0 atom stereocenters. The summed E-state index contributed by atoms with van der Waals surface area (Å²) in [7, 11) is 0. The van der Waals surface area contributed by atoms with Crippen molar-refractivity contribution < 1.29 is 14.4 Å². The van der Waals surface area contributed by atoms with Gasteiger partial charge in [0.05, 0.1) is 0 Å². The molecule has 5 nitrogen and oxygen atoms in total. The molecule has 1 aliphatic heterocycles. The smallest absolute Gasteiger partial charge is 0.272 e. The van der Waals surface area contributed by atoms with Crippen LogP contribution in [0.25, 0.3) is 5.57 Å². The van der Waals surface area contributed by atoms with E-state index in [1.165, 1.54) is 0 Å². The number of benzene rings is 2. The maximum Gasteiger partial charge on any atom is 0.341 e. The summed E-state index contributed by atoms with van der Waals surface area (Å²) in [6.07, 6.45) is 1.83. The zero-order chi connectivity index (χ0) is 19.2. The minimum Gasteiger partial charge on any atom is -0.272 e. The molecule has 1 N–H and O–H groups in total. The zero-order valence-corrected chi connectivity index (χ0v) is 15.8. The molecule has 1 heterocycles. The lowest BCUT2D eigenvalue weighted by Gasteiger charge is -2.27. The van der Waals surface area contributed by atoms with Crippen LogP contribution >= 0.6 is 11.9 Å². The van der Waals surface area contributed by atoms with Crippen LogP contribution in [0.15, 0.2) is 66.2 Å². The lowest BCUT2D eigenvalue weighted by Crippen LogP contribution is -2.51. The molecule has 3 rings (SSSR count). The fraction of sp³-hybridized carbons (Fsp3) is 0.190. The van der Waals surface area contributed by atoms with Crippen LogP contribution in [0.4, 0.5) is 4.79 Å². The highest BCUT2D eigenvalue weighted by Crippen LogP contribution is 2.31. The highest BCUT2D eigenvalue weighted by molar-refractivity contribution is 7.98. The molecule has 0 aliphatic carbocycles. The maximum atomic E-state index is 13.1. The van der Waals surface area contributed by atoms with E-state index in [4.69, 9.17) is 0 Å². The number of nitrogens with one attached hydrogen (secondary N) is 1. The number of rotatable bonds is 6. The number of hydrogen-bond donors (Lipinski definition) is 1. The molecular formula is C21H20N2O3S. The number of carbonyl (C=O) groups is 3. The number of barbiturate groups is 1. The summed E-state index contributed by atoms with van der Waals surface area (Å²) in [6.45, 7) is 2.04. The monoisotopic (exact) mass is 380 g/mol. The Morgan fingerprint density at radius 2 is 1.48 bits per heavy atom. The van der Waals surface area contributed by atoms with Crippen molar-refractivity contribution in [2.45, 2.75) is 19.8 Å². The third-order valence-electron chi connectivity index (χ3n) is 4.12. The normalized spacial score (nSPS) is 14.3. The fourth-order valence-corrected chi connectivity index (χ4v) is 3.78. The Bertz CT molecular complexity index is 837. The summed E-state index contributed by atoms with van der Waals surface area (Å²) in [5, 5.41) is 2.31. The van der Waals surface area contributed by atoms with Crippen molar-refractivity contribution >= 4 is 35.4 Å². The standard InChI is InChI=1S/C21H20N2O3S/c1-2-3-14-27-23-20(25)18(19(24)22-21(23)26)17(15-10-6-4-7-11-15)16-12-8-5-9-13-16/h4-13H,2-3,14H2,1H3,(H,22,24,26). The van der Waals surface area contributed by atoms with Crippen LogP contribution in [-0.2, 0) is 9.59 Å². The van der Waals surface area contributed by atoms with Gasteiger partial charge in [0.1, 0.15) is 5.57 Å². The molecule has 4 amide bonds. The van der Waals surface area contributed by atoms with Gasteiger partial charge in [-0.05, 0) is 29.5 Å². The molecule has 27 heavy (non-hydrogen) atoms. The Balaban J connectivity index is 2.12. The Hall–Kier alpha value is -2.86. The molecule has 1 fully saturated rings. The average molecular weight is 380 g/mol. The molecule has 0 bridgehead atoms. The Labute approximate surface area is 162 Å². The molecule has 1 saturated heterocycles. The Morgan fingerprint density at radius 3 is 2.00 bits per heavy atom. The first-order valence-electron chi connectivity index (χ1n) is 8.81. The third kappa shape index (κ3) is 4.11. The van der Waals surface area contributed by atoms with Crippen molar-refractivity contribution in [2.24, 2.45) is 0 Å². The van der Waals surface area contributed by atoms with E-state index < -0.39 is 17.8 Å². The predicted molar refractivity (Wildman–Crippen MR) is 107 cm³/mol. The highest BCUT2D eigenvalue weighted by atomic mass is 32.2. The summed E-state index contributed by atoms with van der Waals surface area (Å²) in [5.74, 6) is -0.615. The van der Waals surface area contributed by atoms with Gasteiger partial charge in [-0.2, -0.15) is 4.31 Å². The second kappa shape index (κ2) is 8.68. The molecule has 0 saturated carbocycles. The number of hydrogen-bond acceptors (Lipinski definition) is 4. The SMILES string of the molecule is CCCCSN1C(=O)NC(=O)C(=C(c2ccccc2)c2ccccc2)C1=O. The van der Waals surface area contributed by atoms with Crippen LogP contribution in [0.3, 0.4) is 0 Å². The topological polar surface area (TPSA) is 66.5 Å². The largest absolute Gasteiger partial charge is 0.341 e. The minimum atomic E-state index is -0.685. The van der Waals surface area contributed by atoms with Crippen LogP contribution in [0.2, 0.25) is 0 Å². The maximum absolute atomic E-state index is 13.1. The van der Waals surface area contributed by atoms with Crippen molar-refractivity contribution in [1.82, 2.24) is 9.62 Å². The van der Waals surface area contributed by atoms with E-state index >= 15 is 0 Å². The van der Waals surface area contributed by atoms with Crippen LogP contribution < -0.4 is 5.32 Å². The first-order valence-corrected chi connectivity index (χ1v) is 9.75. The predicted octanol–water partition coefficient (Wildman–Crippen LogP) is 4.02. The quantitative estimate of drug-likeness (QED) is 0.356. The van der Waals surface area contributed by atoms with Crippen molar-refractivity contribution in [2.75, 3.05) is 5.75 Å². The van der Waals surface area contributed by atoms with Crippen molar-refractivity contribution in [1.29, 1.82) is 0 Å². The van der Waals surface area contributed by atoms with Gasteiger partial charge in [-0.15, -0.1) is 0 Å². The van der Waals surface area contributed by atoms with Gasteiger partial charge >= 0.3 is 6.03 Å². The number of unbranched alkanes of at least 4 members (excludes halogenated alkanes) is 1. The van der Waals surface area contributed by atoms with Gasteiger partial charge in [-0.1, -0.05) is 74.0 Å².